The van der Waals surface area contributed by atoms with Gasteiger partial charge in [0.15, 0.2) is 11.5 Å². The standard InChI is InChI=1S/C29H19ClO2S/c1-31-24-14-19-23(15-25(24)32-2)29(27-20-13-16(30)11-12-26(20)33-28(19)27)21-9-5-3-7-17(21)18-8-4-6-10-22(18)29/h3-15H,1-2H3. The van der Waals surface area contributed by atoms with Crippen LogP contribution in [0.3, 0.4) is 0 Å². The molecule has 2 aliphatic carbocycles. The molecule has 1 aromatic heterocycles. The molecule has 2 aliphatic rings. The molecular weight excluding hydrogens is 448 g/mol. The third-order valence-corrected chi connectivity index (χ3v) is 8.59. The highest BCUT2D eigenvalue weighted by atomic mass is 35.5. The zero-order valence-corrected chi connectivity index (χ0v) is 19.7. The van der Waals surface area contributed by atoms with Gasteiger partial charge in [0.25, 0.3) is 0 Å². The van der Waals surface area contributed by atoms with Crippen molar-refractivity contribution in [2.45, 2.75) is 5.41 Å². The van der Waals surface area contributed by atoms with E-state index in [9.17, 15) is 0 Å². The van der Waals surface area contributed by atoms with E-state index in [4.69, 9.17) is 21.1 Å². The van der Waals surface area contributed by atoms with Crippen LogP contribution in [0.5, 0.6) is 11.5 Å². The van der Waals surface area contributed by atoms with Crippen molar-refractivity contribution in [3.05, 3.63) is 106 Å². The van der Waals surface area contributed by atoms with E-state index in [-0.39, 0.29) is 0 Å². The summed E-state index contributed by atoms with van der Waals surface area (Å²) >= 11 is 8.37. The van der Waals surface area contributed by atoms with Gasteiger partial charge in [-0.1, -0.05) is 60.1 Å². The number of fused-ring (bicyclic) bond motifs is 12. The molecule has 1 heterocycles. The van der Waals surface area contributed by atoms with Crippen molar-refractivity contribution in [1.29, 1.82) is 0 Å². The minimum Gasteiger partial charge on any atom is -0.493 e. The molecule has 2 nitrogen and oxygen atoms in total. The summed E-state index contributed by atoms with van der Waals surface area (Å²) in [4.78, 5) is 1.27. The quantitative estimate of drug-likeness (QED) is 0.257. The molecule has 5 aromatic rings. The molecule has 0 saturated heterocycles. The van der Waals surface area contributed by atoms with E-state index >= 15 is 0 Å². The summed E-state index contributed by atoms with van der Waals surface area (Å²) in [6.45, 7) is 0. The summed E-state index contributed by atoms with van der Waals surface area (Å²) in [5, 5.41) is 1.96. The summed E-state index contributed by atoms with van der Waals surface area (Å²) in [5.74, 6) is 1.49. The maximum atomic E-state index is 6.54. The van der Waals surface area contributed by atoms with E-state index in [0.717, 1.165) is 16.5 Å². The van der Waals surface area contributed by atoms with Crippen LogP contribution in [-0.4, -0.2) is 14.2 Å². The molecule has 0 aliphatic heterocycles. The van der Waals surface area contributed by atoms with Gasteiger partial charge >= 0.3 is 0 Å². The molecule has 1 spiro atoms. The van der Waals surface area contributed by atoms with Crippen LogP contribution >= 0.6 is 22.9 Å². The highest BCUT2D eigenvalue weighted by Crippen LogP contribution is 2.66. The number of ether oxygens (including phenoxy) is 2. The molecule has 0 atom stereocenters. The highest BCUT2D eigenvalue weighted by molar-refractivity contribution is 7.22. The second kappa shape index (κ2) is 6.63. The zero-order valence-electron chi connectivity index (χ0n) is 18.1. The number of halogens is 1. The van der Waals surface area contributed by atoms with Gasteiger partial charge in [0.05, 0.1) is 19.6 Å². The Labute approximate surface area is 201 Å². The lowest BCUT2D eigenvalue weighted by Crippen LogP contribution is -2.25. The number of thiophene rings is 1. The molecule has 4 aromatic carbocycles. The Morgan fingerprint density at radius 1 is 0.697 bits per heavy atom. The zero-order chi connectivity index (χ0) is 22.3. The molecule has 160 valence electrons. The van der Waals surface area contributed by atoms with Gasteiger partial charge in [-0.05, 0) is 69.1 Å². The average molecular weight is 467 g/mol. The highest BCUT2D eigenvalue weighted by Gasteiger charge is 2.53. The fraction of sp³-hybridized carbons (Fsp3) is 0.103. The van der Waals surface area contributed by atoms with Crippen LogP contribution < -0.4 is 9.47 Å². The number of rotatable bonds is 2. The largest absolute Gasteiger partial charge is 0.493 e. The fourth-order valence-corrected chi connectivity index (χ4v) is 7.38. The van der Waals surface area contributed by atoms with Crippen molar-refractivity contribution in [3.8, 4) is 33.1 Å². The topological polar surface area (TPSA) is 18.5 Å². The lowest BCUT2D eigenvalue weighted by atomic mass is 9.70. The van der Waals surface area contributed by atoms with Crippen molar-refractivity contribution in [2.24, 2.45) is 0 Å². The Balaban J connectivity index is 1.74. The van der Waals surface area contributed by atoms with E-state index in [2.05, 4.69) is 72.8 Å². The number of hydrogen-bond donors (Lipinski definition) is 0. The first-order chi connectivity index (χ1) is 16.2. The van der Waals surface area contributed by atoms with Crippen LogP contribution in [0, 0.1) is 0 Å². The molecule has 0 unspecified atom stereocenters. The summed E-state index contributed by atoms with van der Waals surface area (Å²) < 4.78 is 12.7. The van der Waals surface area contributed by atoms with Gasteiger partial charge in [-0.3, -0.25) is 0 Å². The van der Waals surface area contributed by atoms with Gasteiger partial charge in [-0.25, -0.2) is 0 Å². The maximum absolute atomic E-state index is 6.54. The molecule has 0 radical (unpaired) electrons. The third kappa shape index (κ3) is 2.24. The second-order valence-electron chi connectivity index (χ2n) is 8.54. The summed E-state index contributed by atoms with van der Waals surface area (Å²) in [7, 11) is 3.40. The molecule has 4 heteroatoms. The van der Waals surface area contributed by atoms with Gasteiger partial charge in [0.1, 0.15) is 0 Å². The van der Waals surface area contributed by atoms with Crippen LogP contribution in [-0.2, 0) is 5.41 Å². The average Bonchev–Trinajstić information content (AvgIpc) is 3.46. The van der Waals surface area contributed by atoms with E-state index in [1.165, 1.54) is 53.9 Å². The molecule has 0 bridgehead atoms. The van der Waals surface area contributed by atoms with E-state index in [1.54, 1.807) is 14.2 Å². The molecule has 0 amide bonds. The molecule has 33 heavy (non-hydrogen) atoms. The molecule has 0 N–H and O–H groups in total. The summed E-state index contributed by atoms with van der Waals surface area (Å²) in [6, 6.07) is 28.1. The Bertz CT molecular complexity index is 1570. The van der Waals surface area contributed by atoms with E-state index < -0.39 is 5.41 Å². The molecule has 0 fully saturated rings. The van der Waals surface area contributed by atoms with Gasteiger partial charge in [0, 0.05) is 20.2 Å². The van der Waals surface area contributed by atoms with E-state index in [0.29, 0.717) is 0 Å². The minimum absolute atomic E-state index is 0.430. The predicted molar refractivity (Wildman–Crippen MR) is 136 cm³/mol. The summed E-state index contributed by atoms with van der Waals surface area (Å²) in [6.07, 6.45) is 0. The van der Waals surface area contributed by atoms with Crippen molar-refractivity contribution in [2.75, 3.05) is 14.2 Å². The van der Waals surface area contributed by atoms with Crippen LogP contribution in [0.25, 0.3) is 31.7 Å². The Morgan fingerprint density at radius 2 is 1.33 bits per heavy atom. The molecular formula is C29H19ClO2S. The maximum Gasteiger partial charge on any atom is 0.161 e. The van der Waals surface area contributed by atoms with E-state index in [1.807, 2.05) is 17.4 Å². The first-order valence-corrected chi connectivity index (χ1v) is 12.1. The third-order valence-electron chi connectivity index (χ3n) is 7.15. The normalized spacial score (nSPS) is 14.2. The van der Waals surface area contributed by atoms with Crippen molar-refractivity contribution >= 4 is 33.0 Å². The first-order valence-electron chi connectivity index (χ1n) is 10.9. The number of hydrogen-bond acceptors (Lipinski definition) is 3. The van der Waals surface area contributed by atoms with Crippen molar-refractivity contribution < 1.29 is 9.47 Å². The summed E-state index contributed by atoms with van der Waals surface area (Å²) in [5.41, 5.74) is 8.49. The predicted octanol–water partition coefficient (Wildman–Crippen LogP) is 7.92. The van der Waals surface area contributed by atoms with Crippen molar-refractivity contribution in [1.82, 2.24) is 0 Å². The minimum atomic E-state index is -0.430. The van der Waals surface area contributed by atoms with Gasteiger partial charge in [-0.15, -0.1) is 11.3 Å². The van der Waals surface area contributed by atoms with Gasteiger partial charge in [-0.2, -0.15) is 0 Å². The van der Waals surface area contributed by atoms with Crippen molar-refractivity contribution in [3.63, 3.8) is 0 Å². The van der Waals surface area contributed by atoms with Crippen LogP contribution in [0.1, 0.15) is 22.3 Å². The number of benzene rings is 4. The lowest BCUT2D eigenvalue weighted by Gasteiger charge is -2.30. The fourth-order valence-electron chi connectivity index (χ4n) is 5.94. The Hall–Kier alpha value is -3.27. The first kappa shape index (κ1) is 19.2. The SMILES string of the molecule is COc1cc2c(cc1OC)C1(c3ccccc3-c3ccccc31)c1c-2sc2ccc(Cl)cc12. The smallest absolute Gasteiger partial charge is 0.161 e. The Kier molecular flexibility index (Phi) is 3.86. The Morgan fingerprint density at radius 3 is 2.00 bits per heavy atom. The monoisotopic (exact) mass is 466 g/mol. The van der Waals surface area contributed by atoms with Crippen LogP contribution in [0.4, 0.5) is 0 Å². The lowest BCUT2D eigenvalue weighted by molar-refractivity contribution is 0.354. The molecule has 0 saturated carbocycles. The van der Waals surface area contributed by atoms with Crippen LogP contribution in [0.15, 0.2) is 78.9 Å². The van der Waals surface area contributed by atoms with Gasteiger partial charge < -0.3 is 9.47 Å². The number of methoxy groups -OCH3 is 2. The van der Waals surface area contributed by atoms with Crippen LogP contribution in [0.2, 0.25) is 5.02 Å². The molecule has 7 rings (SSSR count). The van der Waals surface area contributed by atoms with Gasteiger partial charge in [0.2, 0.25) is 0 Å². The second-order valence-corrected chi connectivity index (χ2v) is 10.0.